The molecule has 0 radical (unpaired) electrons. The van der Waals surface area contributed by atoms with Gasteiger partial charge in [-0.25, -0.2) is 0 Å². The van der Waals surface area contributed by atoms with Crippen LogP contribution < -0.4 is 4.74 Å². The van der Waals surface area contributed by atoms with Crippen LogP contribution in [0.25, 0.3) is 0 Å². The summed E-state index contributed by atoms with van der Waals surface area (Å²) in [5, 5.41) is 0. The molecule has 0 unspecified atom stereocenters. The van der Waals surface area contributed by atoms with E-state index in [1.165, 1.54) is 0 Å². The zero-order valence-corrected chi connectivity index (χ0v) is 11.6. The van der Waals surface area contributed by atoms with Gasteiger partial charge in [-0.2, -0.15) is 0 Å². The molecule has 0 aliphatic carbocycles. The largest absolute Gasteiger partial charge is 0.482 e. The number of pyridine rings is 2. The van der Waals surface area contributed by atoms with Crippen LogP contribution >= 0.6 is 0 Å². The standard InChI is InChI=1S/C15H17N3O2/c1-12-8-17-7-5-13(12)10-18(2)15(19)11-20-14-4-3-6-16-9-14/h3-9H,10-11H2,1-2H3. The summed E-state index contributed by atoms with van der Waals surface area (Å²) in [6, 6.07) is 5.46. The molecule has 1 amide bonds. The normalized spacial score (nSPS) is 10.1. The predicted octanol–water partition coefficient (Wildman–Crippen LogP) is 1.82. The Bertz CT molecular complexity index is 572. The third-order valence-electron chi connectivity index (χ3n) is 2.97. The molecule has 0 bridgehead atoms. The van der Waals surface area contributed by atoms with Gasteiger partial charge in [-0.1, -0.05) is 0 Å². The second kappa shape index (κ2) is 6.65. The third kappa shape index (κ3) is 3.78. The molecule has 0 aliphatic heterocycles. The Morgan fingerprint density at radius 2 is 2.05 bits per heavy atom. The molecular formula is C15H17N3O2. The Hall–Kier alpha value is -2.43. The molecule has 5 nitrogen and oxygen atoms in total. The van der Waals surface area contributed by atoms with Gasteiger partial charge in [0.05, 0.1) is 6.20 Å². The molecule has 0 saturated carbocycles. The van der Waals surface area contributed by atoms with Crippen LogP contribution in [0.3, 0.4) is 0 Å². The van der Waals surface area contributed by atoms with Crippen molar-refractivity contribution in [2.24, 2.45) is 0 Å². The van der Waals surface area contributed by atoms with Crippen molar-refractivity contribution in [2.45, 2.75) is 13.5 Å². The van der Waals surface area contributed by atoms with Gasteiger partial charge >= 0.3 is 0 Å². The Morgan fingerprint density at radius 3 is 2.75 bits per heavy atom. The van der Waals surface area contributed by atoms with E-state index in [1.807, 2.05) is 13.0 Å². The summed E-state index contributed by atoms with van der Waals surface area (Å²) in [4.78, 5) is 21.6. The average Bonchev–Trinajstić information content (AvgIpc) is 2.48. The van der Waals surface area contributed by atoms with E-state index in [1.54, 1.807) is 48.9 Å². The van der Waals surface area contributed by atoms with Gasteiger partial charge in [0, 0.05) is 32.2 Å². The quantitative estimate of drug-likeness (QED) is 0.832. The smallest absolute Gasteiger partial charge is 0.260 e. The van der Waals surface area contributed by atoms with Gasteiger partial charge in [-0.3, -0.25) is 14.8 Å². The lowest BCUT2D eigenvalue weighted by Gasteiger charge is -2.18. The van der Waals surface area contributed by atoms with Crippen LogP contribution in [0, 0.1) is 6.92 Å². The van der Waals surface area contributed by atoms with E-state index in [9.17, 15) is 4.79 Å². The fourth-order valence-corrected chi connectivity index (χ4v) is 1.71. The summed E-state index contributed by atoms with van der Waals surface area (Å²) in [6.07, 6.45) is 6.76. The van der Waals surface area contributed by atoms with Crippen LogP contribution in [0.4, 0.5) is 0 Å². The molecule has 0 fully saturated rings. The van der Waals surface area contributed by atoms with Crippen molar-refractivity contribution >= 4 is 5.91 Å². The van der Waals surface area contributed by atoms with Gasteiger partial charge in [0.25, 0.3) is 5.91 Å². The van der Waals surface area contributed by atoms with E-state index in [-0.39, 0.29) is 12.5 Å². The first-order chi connectivity index (χ1) is 9.66. The van der Waals surface area contributed by atoms with Crippen LogP contribution in [-0.2, 0) is 11.3 Å². The molecule has 0 aliphatic rings. The Morgan fingerprint density at radius 1 is 1.25 bits per heavy atom. The summed E-state index contributed by atoms with van der Waals surface area (Å²) in [7, 11) is 1.76. The summed E-state index contributed by atoms with van der Waals surface area (Å²) in [5.74, 6) is 0.513. The molecule has 0 atom stereocenters. The maximum Gasteiger partial charge on any atom is 0.260 e. The first-order valence-corrected chi connectivity index (χ1v) is 6.33. The topological polar surface area (TPSA) is 55.3 Å². The molecular weight excluding hydrogens is 254 g/mol. The number of hydrogen-bond donors (Lipinski definition) is 0. The van der Waals surface area contributed by atoms with Crippen LogP contribution in [-0.4, -0.2) is 34.4 Å². The van der Waals surface area contributed by atoms with Crippen molar-refractivity contribution in [3.8, 4) is 5.75 Å². The average molecular weight is 271 g/mol. The number of hydrogen-bond acceptors (Lipinski definition) is 4. The van der Waals surface area contributed by atoms with E-state index in [2.05, 4.69) is 9.97 Å². The van der Waals surface area contributed by atoms with E-state index in [4.69, 9.17) is 4.74 Å². The van der Waals surface area contributed by atoms with Crippen molar-refractivity contribution in [1.29, 1.82) is 0 Å². The molecule has 0 spiro atoms. The SMILES string of the molecule is Cc1cnccc1CN(C)C(=O)COc1cccnc1. The molecule has 20 heavy (non-hydrogen) atoms. The first kappa shape index (κ1) is 14.0. The summed E-state index contributed by atoms with van der Waals surface area (Å²) < 4.78 is 5.39. The van der Waals surface area contributed by atoms with Gasteiger partial charge in [-0.05, 0) is 36.2 Å². The Balaban J connectivity index is 1.88. The number of amides is 1. The number of likely N-dealkylation sites (N-methyl/N-ethyl adjacent to an activating group) is 1. The van der Waals surface area contributed by atoms with E-state index >= 15 is 0 Å². The van der Waals surface area contributed by atoms with Crippen LogP contribution in [0.5, 0.6) is 5.75 Å². The highest BCUT2D eigenvalue weighted by atomic mass is 16.5. The van der Waals surface area contributed by atoms with Crippen molar-refractivity contribution in [3.05, 3.63) is 54.1 Å². The number of carbonyl (C=O) groups is 1. The van der Waals surface area contributed by atoms with Crippen molar-refractivity contribution < 1.29 is 9.53 Å². The fraction of sp³-hybridized carbons (Fsp3) is 0.267. The molecule has 2 heterocycles. The molecule has 0 N–H and O–H groups in total. The number of carbonyl (C=O) groups excluding carboxylic acids is 1. The van der Waals surface area contributed by atoms with Crippen molar-refractivity contribution in [2.75, 3.05) is 13.7 Å². The molecule has 104 valence electrons. The number of rotatable bonds is 5. The van der Waals surface area contributed by atoms with Gasteiger partial charge in [-0.15, -0.1) is 0 Å². The van der Waals surface area contributed by atoms with Crippen molar-refractivity contribution in [3.63, 3.8) is 0 Å². The summed E-state index contributed by atoms with van der Waals surface area (Å²) in [6.45, 7) is 2.53. The minimum absolute atomic E-state index is 0.00627. The predicted molar refractivity (Wildman–Crippen MR) is 75.2 cm³/mol. The minimum Gasteiger partial charge on any atom is -0.482 e. The second-order valence-corrected chi connectivity index (χ2v) is 4.53. The molecule has 0 aromatic carbocycles. The molecule has 5 heteroatoms. The number of ether oxygens (including phenoxy) is 1. The third-order valence-corrected chi connectivity index (χ3v) is 2.97. The van der Waals surface area contributed by atoms with E-state index in [0.29, 0.717) is 12.3 Å². The maximum absolute atomic E-state index is 12.0. The molecule has 0 saturated heterocycles. The van der Waals surface area contributed by atoms with Gasteiger partial charge in [0.2, 0.25) is 0 Å². The van der Waals surface area contributed by atoms with Crippen LogP contribution in [0.2, 0.25) is 0 Å². The maximum atomic E-state index is 12.0. The lowest BCUT2D eigenvalue weighted by Crippen LogP contribution is -2.31. The molecule has 2 aromatic rings. The highest BCUT2D eigenvalue weighted by Crippen LogP contribution is 2.09. The molecule has 2 aromatic heterocycles. The monoisotopic (exact) mass is 271 g/mol. The molecule has 2 rings (SSSR count). The number of aromatic nitrogens is 2. The van der Waals surface area contributed by atoms with Gasteiger partial charge in [0.1, 0.15) is 5.75 Å². The highest BCUT2D eigenvalue weighted by molar-refractivity contribution is 5.77. The Labute approximate surface area is 118 Å². The van der Waals surface area contributed by atoms with Crippen LogP contribution in [0.15, 0.2) is 43.0 Å². The lowest BCUT2D eigenvalue weighted by atomic mass is 10.1. The summed E-state index contributed by atoms with van der Waals surface area (Å²) in [5.41, 5.74) is 2.15. The zero-order valence-electron chi connectivity index (χ0n) is 11.6. The fourth-order valence-electron chi connectivity index (χ4n) is 1.71. The number of aryl methyl sites for hydroxylation is 1. The van der Waals surface area contributed by atoms with Gasteiger partial charge < -0.3 is 9.64 Å². The van der Waals surface area contributed by atoms with E-state index in [0.717, 1.165) is 11.1 Å². The first-order valence-electron chi connectivity index (χ1n) is 6.33. The lowest BCUT2D eigenvalue weighted by molar-refractivity contribution is -0.132. The van der Waals surface area contributed by atoms with Gasteiger partial charge in [0.15, 0.2) is 6.61 Å². The van der Waals surface area contributed by atoms with E-state index < -0.39 is 0 Å². The highest BCUT2D eigenvalue weighted by Gasteiger charge is 2.11. The summed E-state index contributed by atoms with van der Waals surface area (Å²) >= 11 is 0. The zero-order chi connectivity index (χ0) is 14.4. The minimum atomic E-state index is -0.0786. The second-order valence-electron chi connectivity index (χ2n) is 4.53. The van der Waals surface area contributed by atoms with Crippen LogP contribution in [0.1, 0.15) is 11.1 Å². The Kier molecular flexibility index (Phi) is 4.65. The number of nitrogens with zero attached hydrogens (tertiary/aromatic N) is 3. The van der Waals surface area contributed by atoms with Crippen molar-refractivity contribution in [1.82, 2.24) is 14.9 Å².